The molecule has 0 aromatic carbocycles. The monoisotopic (exact) mass is 237 g/mol. The van der Waals surface area contributed by atoms with Crippen molar-refractivity contribution >= 4 is 11.5 Å². The molecule has 1 N–H and O–H groups in total. The zero-order chi connectivity index (χ0) is 11.5. The van der Waals surface area contributed by atoms with Crippen molar-refractivity contribution in [2.45, 2.75) is 19.4 Å². The number of likely N-dealkylation sites (N-methyl/N-ethyl adjacent to an activating group) is 1. The number of aromatic nitrogens is 4. The van der Waals surface area contributed by atoms with E-state index in [1.165, 1.54) is 16.4 Å². The van der Waals surface area contributed by atoms with Gasteiger partial charge >= 0.3 is 0 Å². The van der Waals surface area contributed by atoms with Crippen molar-refractivity contribution in [3.63, 3.8) is 0 Å². The van der Waals surface area contributed by atoms with Gasteiger partial charge < -0.3 is 5.32 Å². The number of aryl methyl sites for hydroxylation is 2. The lowest BCUT2D eigenvalue weighted by Crippen LogP contribution is -2.19. The summed E-state index contributed by atoms with van der Waals surface area (Å²) in [6.07, 6.45) is 2.82. The second-order valence-corrected chi connectivity index (χ2v) is 4.53. The summed E-state index contributed by atoms with van der Waals surface area (Å²) in [6, 6.07) is 2.28. The lowest BCUT2D eigenvalue weighted by molar-refractivity contribution is 0.582. The van der Waals surface area contributed by atoms with Crippen molar-refractivity contribution in [3.8, 4) is 0 Å². The molecule has 86 valence electrons. The highest BCUT2D eigenvalue weighted by Gasteiger charge is 2.16. The molecule has 0 saturated carbocycles. The van der Waals surface area contributed by atoms with E-state index in [2.05, 4.69) is 20.0 Å². The van der Waals surface area contributed by atoms with E-state index in [0.717, 1.165) is 17.8 Å². The van der Waals surface area contributed by atoms with Gasteiger partial charge in [0.05, 0.1) is 22.3 Å². The molecule has 0 spiro atoms. The first-order valence-electron chi connectivity index (χ1n) is 5.15. The van der Waals surface area contributed by atoms with Gasteiger partial charge in [0.25, 0.3) is 0 Å². The summed E-state index contributed by atoms with van der Waals surface area (Å²) in [6.45, 7) is 1.99. The molecule has 0 fully saturated rings. The van der Waals surface area contributed by atoms with E-state index >= 15 is 0 Å². The van der Waals surface area contributed by atoms with Crippen LogP contribution in [0.2, 0.25) is 0 Å². The number of hydrogen-bond donors (Lipinski definition) is 1. The Morgan fingerprint density at radius 2 is 2.38 bits per heavy atom. The lowest BCUT2D eigenvalue weighted by Gasteiger charge is -2.12. The summed E-state index contributed by atoms with van der Waals surface area (Å²) >= 11 is 1.45. The predicted octanol–water partition coefficient (Wildman–Crippen LogP) is 1.08. The molecule has 2 heterocycles. The standard InChI is InChI=1S/C10H15N5S/c1-7-10(16-14-12-7)9(11-2)6-8-4-5-15(3)13-8/h4-5,9,11H,6H2,1-3H3. The van der Waals surface area contributed by atoms with E-state index in [0.29, 0.717) is 0 Å². The van der Waals surface area contributed by atoms with Gasteiger partial charge in [-0.1, -0.05) is 4.49 Å². The second-order valence-electron chi connectivity index (χ2n) is 3.75. The molecule has 0 aliphatic heterocycles. The van der Waals surface area contributed by atoms with Crippen LogP contribution in [0.25, 0.3) is 0 Å². The minimum Gasteiger partial charge on any atom is -0.312 e. The maximum Gasteiger partial charge on any atom is 0.0772 e. The van der Waals surface area contributed by atoms with Gasteiger partial charge in [0.15, 0.2) is 0 Å². The summed E-state index contributed by atoms with van der Waals surface area (Å²) in [4.78, 5) is 1.19. The first-order chi connectivity index (χ1) is 7.70. The van der Waals surface area contributed by atoms with Crippen molar-refractivity contribution in [1.29, 1.82) is 0 Å². The molecule has 0 radical (unpaired) electrons. The van der Waals surface area contributed by atoms with E-state index in [4.69, 9.17) is 0 Å². The van der Waals surface area contributed by atoms with E-state index in [1.807, 2.05) is 38.0 Å². The SMILES string of the molecule is CNC(Cc1ccn(C)n1)c1snnc1C. The quantitative estimate of drug-likeness (QED) is 0.864. The van der Waals surface area contributed by atoms with Gasteiger partial charge in [-0.2, -0.15) is 5.10 Å². The van der Waals surface area contributed by atoms with Crippen LogP contribution in [-0.2, 0) is 13.5 Å². The topological polar surface area (TPSA) is 55.6 Å². The third-order valence-electron chi connectivity index (χ3n) is 2.53. The maximum absolute atomic E-state index is 4.38. The first kappa shape index (κ1) is 11.2. The van der Waals surface area contributed by atoms with Crippen LogP contribution >= 0.6 is 11.5 Å². The Bertz CT molecular complexity index is 461. The third-order valence-corrected chi connectivity index (χ3v) is 3.47. The van der Waals surface area contributed by atoms with Crippen molar-refractivity contribution in [2.75, 3.05) is 7.05 Å². The fourth-order valence-corrected chi connectivity index (χ4v) is 2.42. The van der Waals surface area contributed by atoms with Crippen molar-refractivity contribution in [2.24, 2.45) is 7.05 Å². The number of nitrogens with zero attached hydrogens (tertiary/aromatic N) is 4. The lowest BCUT2D eigenvalue weighted by atomic mass is 10.1. The predicted molar refractivity (Wildman–Crippen MR) is 63.4 cm³/mol. The fourth-order valence-electron chi connectivity index (χ4n) is 1.66. The van der Waals surface area contributed by atoms with Crippen LogP contribution in [0.4, 0.5) is 0 Å². The van der Waals surface area contributed by atoms with Crippen molar-refractivity contribution in [3.05, 3.63) is 28.5 Å². The molecular formula is C10H15N5S. The molecule has 1 atom stereocenters. The van der Waals surface area contributed by atoms with Crippen LogP contribution in [-0.4, -0.2) is 26.4 Å². The highest BCUT2D eigenvalue weighted by molar-refractivity contribution is 7.05. The Labute approximate surface area is 98.7 Å². The summed E-state index contributed by atoms with van der Waals surface area (Å²) in [5.74, 6) is 0. The van der Waals surface area contributed by atoms with E-state index in [1.54, 1.807) is 0 Å². The van der Waals surface area contributed by atoms with Crippen LogP contribution in [0, 0.1) is 6.92 Å². The van der Waals surface area contributed by atoms with Crippen LogP contribution in [0.1, 0.15) is 22.3 Å². The van der Waals surface area contributed by atoms with Crippen molar-refractivity contribution < 1.29 is 0 Å². The number of nitrogens with one attached hydrogen (secondary N) is 1. The molecule has 1 unspecified atom stereocenters. The molecule has 0 aliphatic rings. The molecule has 0 aliphatic carbocycles. The molecule has 0 amide bonds. The average molecular weight is 237 g/mol. The molecule has 2 aromatic heterocycles. The van der Waals surface area contributed by atoms with Gasteiger partial charge in [-0.05, 0) is 31.6 Å². The second kappa shape index (κ2) is 4.71. The van der Waals surface area contributed by atoms with Gasteiger partial charge in [0.2, 0.25) is 0 Å². The molecule has 0 saturated heterocycles. The Morgan fingerprint density at radius 1 is 1.56 bits per heavy atom. The zero-order valence-corrected chi connectivity index (χ0v) is 10.5. The summed E-state index contributed by atoms with van der Waals surface area (Å²) in [5, 5.41) is 11.7. The molecule has 6 heteroatoms. The Morgan fingerprint density at radius 3 is 2.88 bits per heavy atom. The van der Waals surface area contributed by atoms with Crippen LogP contribution in [0.15, 0.2) is 12.3 Å². The molecule has 0 bridgehead atoms. The van der Waals surface area contributed by atoms with Gasteiger partial charge in [-0.25, -0.2) is 0 Å². The van der Waals surface area contributed by atoms with Gasteiger partial charge in [0, 0.05) is 19.7 Å². The highest BCUT2D eigenvalue weighted by Crippen LogP contribution is 2.22. The van der Waals surface area contributed by atoms with Crippen molar-refractivity contribution in [1.82, 2.24) is 24.7 Å². The number of hydrogen-bond acceptors (Lipinski definition) is 5. The smallest absolute Gasteiger partial charge is 0.0772 e. The van der Waals surface area contributed by atoms with E-state index in [-0.39, 0.29) is 6.04 Å². The highest BCUT2D eigenvalue weighted by atomic mass is 32.1. The normalized spacial score (nSPS) is 12.9. The fraction of sp³-hybridized carbons (Fsp3) is 0.500. The first-order valence-corrected chi connectivity index (χ1v) is 5.92. The Kier molecular flexibility index (Phi) is 3.31. The molecular weight excluding hydrogens is 222 g/mol. The molecule has 16 heavy (non-hydrogen) atoms. The van der Waals surface area contributed by atoms with Crippen LogP contribution < -0.4 is 5.32 Å². The molecule has 2 aromatic rings. The maximum atomic E-state index is 4.38. The minimum absolute atomic E-state index is 0.245. The summed E-state index contributed by atoms with van der Waals surface area (Å²) in [7, 11) is 3.88. The summed E-state index contributed by atoms with van der Waals surface area (Å²) < 4.78 is 5.78. The molecule has 2 rings (SSSR count). The zero-order valence-electron chi connectivity index (χ0n) is 9.64. The molecule has 5 nitrogen and oxygen atoms in total. The largest absolute Gasteiger partial charge is 0.312 e. The van der Waals surface area contributed by atoms with Crippen LogP contribution in [0.3, 0.4) is 0 Å². The Balaban J connectivity index is 2.15. The minimum atomic E-state index is 0.245. The van der Waals surface area contributed by atoms with E-state index < -0.39 is 0 Å². The van der Waals surface area contributed by atoms with Gasteiger partial charge in [-0.3, -0.25) is 4.68 Å². The third kappa shape index (κ3) is 2.28. The summed E-state index contributed by atoms with van der Waals surface area (Å²) in [5.41, 5.74) is 2.08. The van der Waals surface area contributed by atoms with Gasteiger partial charge in [-0.15, -0.1) is 5.10 Å². The number of rotatable bonds is 4. The van der Waals surface area contributed by atoms with Gasteiger partial charge in [0.1, 0.15) is 0 Å². The average Bonchev–Trinajstić information content (AvgIpc) is 2.84. The van der Waals surface area contributed by atoms with E-state index in [9.17, 15) is 0 Å². The van der Waals surface area contributed by atoms with Crippen LogP contribution in [0.5, 0.6) is 0 Å². The Hall–Kier alpha value is -1.27.